The molecule has 24 nitrogen and oxygen atoms in total. The fraction of sp³-hybridized carbons (Fsp3) is 0.208. The predicted octanol–water partition coefficient (Wildman–Crippen LogP) is 13.8. The highest BCUT2D eigenvalue weighted by atomic mass is 35.5. The summed E-state index contributed by atoms with van der Waals surface area (Å²) in [6.45, 7) is 8.84. The Balaban J connectivity index is 0.000000130. The zero-order chi connectivity index (χ0) is 72.4. The number of aromatic nitrogens is 12. The number of hydrogen-bond acceptors (Lipinski definition) is 23. The number of hydrogen-bond donors (Lipinski definition) is 9. The Kier molecular flexibility index (Phi) is 22.6. The van der Waals surface area contributed by atoms with Crippen LogP contribution >= 0.6 is 34.8 Å². The summed E-state index contributed by atoms with van der Waals surface area (Å²) in [5.74, 6) is 3.10. The summed E-state index contributed by atoms with van der Waals surface area (Å²) in [7, 11) is -0.502. The second-order valence-electron chi connectivity index (χ2n) is 23.4. The van der Waals surface area contributed by atoms with Gasteiger partial charge >= 0.3 is 0 Å². The number of nitrogen functional groups attached to an aromatic ring is 5. The molecular formula is C72H72Cl3F2N21O3S. The van der Waals surface area contributed by atoms with E-state index >= 15 is 0 Å². The van der Waals surface area contributed by atoms with E-state index in [9.17, 15) is 17.2 Å². The molecule has 15 rings (SSSR count). The Morgan fingerprint density at radius 3 is 1.68 bits per heavy atom. The molecule has 7 aromatic heterocycles. The molecule has 524 valence electrons. The summed E-state index contributed by atoms with van der Waals surface area (Å²) in [6.07, 6.45) is 9.73. The first-order valence-electron chi connectivity index (χ1n) is 32.4. The monoisotopic (exact) mass is 1450 g/mol. The molecule has 102 heavy (non-hydrogen) atoms. The average molecular weight is 1460 g/mol. The molecule has 3 aliphatic rings. The lowest BCUT2D eigenvalue weighted by atomic mass is 9.95. The number of para-hydroxylation sites is 1. The molecule has 10 heterocycles. The van der Waals surface area contributed by atoms with Gasteiger partial charge in [-0.2, -0.15) is 19.9 Å². The minimum Gasteiger partial charge on any atom is -0.480 e. The van der Waals surface area contributed by atoms with Crippen LogP contribution in [-0.2, 0) is 35.7 Å². The summed E-state index contributed by atoms with van der Waals surface area (Å²) in [5, 5.41) is 14.9. The zero-order valence-corrected chi connectivity index (χ0v) is 59.2. The van der Waals surface area contributed by atoms with Gasteiger partial charge in [-0.05, 0) is 118 Å². The predicted molar refractivity (Wildman–Crippen MR) is 402 cm³/mol. The summed E-state index contributed by atoms with van der Waals surface area (Å²) < 4.78 is 59.2. The smallest absolute Gasteiger partial charge is 0.268 e. The molecule has 5 aromatic carbocycles. The van der Waals surface area contributed by atoms with Gasteiger partial charge in [0.1, 0.15) is 39.9 Å². The van der Waals surface area contributed by atoms with Crippen LogP contribution in [0.3, 0.4) is 0 Å². The number of fused-ring (bicyclic) bond motifs is 4. The molecule has 3 aliphatic heterocycles. The SMILES string of the molecule is CCc1cc(-c2cc(F)cc(F)c2)nc(N)n1.CNc1cc(-c2ccnc(OC)c2Cl)nc(N)n1.Cc1cccc(-c2nc(N)nc3c2CCCN3)c1C.Nc1nc2c(c(-c3cccc(Cl)c3Cl)n1)CCCN2.Nc1nc2c(c(-c3cn(S(=O)(=O)c4ccccc4)c4ccccc34)n1)CCCN2. The first-order valence-corrected chi connectivity index (χ1v) is 34.9. The van der Waals surface area contributed by atoms with Crippen molar-refractivity contribution in [2.24, 2.45) is 0 Å². The lowest BCUT2D eigenvalue weighted by Crippen LogP contribution is -2.16. The van der Waals surface area contributed by atoms with Gasteiger partial charge in [-0.3, -0.25) is 0 Å². The van der Waals surface area contributed by atoms with E-state index in [0.29, 0.717) is 72.9 Å². The van der Waals surface area contributed by atoms with Gasteiger partial charge < -0.3 is 54.7 Å². The molecule has 0 fully saturated rings. The van der Waals surface area contributed by atoms with E-state index in [1.54, 1.807) is 80.1 Å². The molecule has 0 spiro atoms. The van der Waals surface area contributed by atoms with Crippen LogP contribution in [0.2, 0.25) is 15.1 Å². The van der Waals surface area contributed by atoms with Crippen LogP contribution in [0, 0.1) is 25.5 Å². The van der Waals surface area contributed by atoms with Crippen LogP contribution < -0.4 is 54.7 Å². The summed E-state index contributed by atoms with van der Waals surface area (Å²) in [5.41, 5.74) is 43.0. The van der Waals surface area contributed by atoms with Crippen molar-refractivity contribution in [3.05, 3.63) is 200 Å². The quantitative estimate of drug-likeness (QED) is 0.0614. The molecule has 0 saturated heterocycles. The molecule has 0 unspecified atom stereocenters. The Morgan fingerprint density at radius 2 is 1.09 bits per heavy atom. The largest absolute Gasteiger partial charge is 0.480 e. The number of rotatable bonds is 10. The maximum absolute atomic E-state index is 13.3. The fourth-order valence-electron chi connectivity index (χ4n) is 11.7. The number of nitrogens with one attached hydrogen (secondary N) is 4. The zero-order valence-electron chi connectivity index (χ0n) is 56.1. The number of aryl methyl sites for hydroxylation is 2. The van der Waals surface area contributed by atoms with E-state index in [4.69, 9.17) is 68.2 Å². The maximum Gasteiger partial charge on any atom is 0.268 e. The van der Waals surface area contributed by atoms with Crippen molar-refractivity contribution in [3.63, 3.8) is 0 Å². The number of ether oxygens (including phenoxy) is 1. The number of methoxy groups -OCH3 is 1. The third-order valence-electron chi connectivity index (χ3n) is 16.7. The van der Waals surface area contributed by atoms with Crippen LogP contribution in [0.25, 0.3) is 67.2 Å². The third kappa shape index (κ3) is 16.3. The molecule has 0 radical (unpaired) electrons. The highest BCUT2D eigenvalue weighted by Crippen LogP contribution is 2.41. The van der Waals surface area contributed by atoms with Crippen LogP contribution in [0.4, 0.5) is 61.8 Å². The Labute approximate surface area is 602 Å². The minimum absolute atomic E-state index is 0.101. The highest BCUT2D eigenvalue weighted by Gasteiger charge is 2.27. The van der Waals surface area contributed by atoms with Crippen molar-refractivity contribution in [2.75, 3.05) is 83.7 Å². The first kappa shape index (κ1) is 72.1. The van der Waals surface area contributed by atoms with E-state index in [2.05, 4.69) is 108 Å². The second-order valence-corrected chi connectivity index (χ2v) is 26.4. The number of anilines is 9. The van der Waals surface area contributed by atoms with Crippen LogP contribution in [0.15, 0.2) is 145 Å². The molecule has 0 saturated carbocycles. The molecule has 14 N–H and O–H groups in total. The third-order valence-corrected chi connectivity index (χ3v) is 19.6. The van der Waals surface area contributed by atoms with Crippen LogP contribution in [0.5, 0.6) is 5.88 Å². The minimum atomic E-state index is -3.76. The van der Waals surface area contributed by atoms with Gasteiger partial charge in [0.15, 0.2) is 0 Å². The van der Waals surface area contributed by atoms with Gasteiger partial charge in [0.25, 0.3) is 10.0 Å². The molecule has 0 bridgehead atoms. The topological polar surface area (TPSA) is 368 Å². The normalized spacial score (nSPS) is 12.6. The molecular weight excluding hydrogens is 1380 g/mol. The second kappa shape index (κ2) is 32.0. The van der Waals surface area contributed by atoms with Crippen molar-refractivity contribution < 1.29 is 21.9 Å². The lowest BCUT2D eigenvalue weighted by molar-refractivity contribution is 0.398. The van der Waals surface area contributed by atoms with Crippen molar-refractivity contribution in [2.45, 2.75) is 70.6 Å². The van der Waals surface area contributed by atoms with Gasteiger partial charge in [-0.1, -0.05) is 108 Å². The number of nitrogens with two attached hydrogens (primary N) is 5. The highest BCUT2D eigenvalue weighted by molar-refractivity contribution is 7.90. The van der Waals surface area contributed by atoms with E-state index in [0.717, 1.165) is 132 Å². The average Bonchev–Trinajstić information content (AvgIpc) is 1.59. The summed E-state index contributed by atoms with van der Waals surface area (Å²) in [6, 6.07) is 36.0. The van der Waals surface area contributed by atoms with Gasteiger partial charge in [-0.25, -0.2) is 56.1 Å². The van der Waals surface area contributed by atoms with Gasteiger partial charge in [0, 0.05) is 107 Å². The molecule has 0 amide bonds. The standard InChI is InChI=1S/C21H19N5O2S.C15H18N4.C13H12Cl2N4.C12H11F2N3.C11H12ClN5O/c22-21-24-19(16-10-6-12-23-20(16)25-21)17-13-26(18-11-5-4-9-15(17)18)29(27,28)14-7-2-1-3-8-14;1-9-5-3-6-11(10(9)2)13-12-7-4-8-17-14(12)19-15(16)18-13;14-9-5-1-3-7(10(9)15)11-8-4-2-6-17-12(8)19-13(16)18-11;1-2-10-6-11(17-12(15)16-10)7-3-8(13)5-9(14)4-7;1-14-8-5-7(16-11(13)17-8)6-3-4-15-10(18-2)9(6)12/h1-5,7-9,11,13H,6,10,12H2,(H3,22,23,24,25);3,5-6H,4,7-8H2,1-2H3,(H3,16,17,18,19);1,3,5H,2,4,6H2,(H3,16,17,18,19);3-6H,2H2,1H3,(H2,15,16,17);3-5H,1-2H3,(H3,13,14,16,17). The van der Waals surface area contributed by atoms with Crippen molar-refractivity contribution >= 4 is 109 Å². The maximum atomic E-state index is 13.3. The van der Waals surface area contributed by atoms with Gasteiger partial charge in [-0.15, -0.1) is 0 Å². The van der Waals surface area contributed by atoms with E-state index < -0.39 is 21.7 Å². The van der Waals surface area contributed by atoms with Crippen molar-refractivity contribution in [3.8, 4) is 62.2 Å². The number of benzene rings is 5. The fourth-order valence-corrected chi connectivity index (χ4v) is 13.8. The van der Waals surface area contributed by atoms with E-state index in [1.807, 2.05) is 37.3 Å². The molecule has 0 aliphatic carbocycles. The number of pyridine rings is 1. The number of nitrogens with zero attached hydrogens (tertiary/aromatic N) is 12. The molecule has 12 aromatic rings. The van der Waals surface area contributed by atoms with Gasteiger partial charge in [0.2, 0.25) is 35.6 Å². The Morgan fingerprint density at radius 1 is 0.559 bits per heavy atom. The van der Waals surface area contributed by atoms with Crippen molar-refractivity contribution in [1.29, 1.82) is 0 Å². The van der Waals surface area contributed by atoms with Crippen molar-refractivity contribution in [1.82, 2.24) is 58.8 Å². The van der Waals surface area contributed by atoms with E-state index in [1.165, 1.54) is 39.9 Å². The molecule has 0 atom stereocenters. The number of halogens is 5. The summed E-state index contributed by atoms with van der Waals surface area (Å²) in [4.78, 5) is 46.5. The first-order chi connectivity index (χ1) is 49.1. The lowest BCUT2D eigenvalue weighted by Gasteiger charge is -2.21. The summed E-state index contributed by atoms with van der Waals surface area (Å²) >= 11 is 18.5. The Hall–Kier alpha value is -11.1. The Bertz CT molecular complexity index is 5060. The van der Waals surface area contributed by atoms with Crippen LogP contribution in [-0.4, -0.2) is 101 Å². The molecule has 30 heteroatoms. The van der Waals surface area contributed by atoms with E-state index in [-0.39, 0.29) is 28.7 Å². The van der Waals surface area contributed by atoms with Crippen LogP contribution in [0.1, 0.15) is 59.7 Å². The van der Waals surface area contributed by atoms with Gasteiger partial charge in [0.05, 0.1) is 56.0 Å².